The molecule has 0 bridgehead atoms. The molecule has 0 aliphatic heterocycles. The fourth-order valence-corrected chi connectivity index (χ4v) is 2.02. The lowest BCUT2D eigenvalue weighted by molar-refractivity contribution is 0.642. The third-order valence-corrected chi connectivity index (χ3v) is 3.15. The van der Waals surface area contributed by atoms with E-state index in [4.69, 9.17) is 11.6 Å². The smallest absolute Gasteiger partial charge is 0.288 e. The molecule has 2 aromatic rings. The summed E-state index contributed by atoms with van der Waals surface area (Å²) in [6.07, 6.45) is 9.16. The van der Waals surface area contributed by atoms with E-state index in [1.54, 1.807) is 17.0 Å². The van der Waals surface area contributed by atoms with Gasteiger partial charge in [-0.15, -0.1) is 0 Å². The van der Waals surface area contributed by atoms with Crippen molar-refractivity contribution in [1.29, 1.82) is 0 Å². The van der Waals surface area contributed by atoms with Gasteiger partial charge in [-0.2, -0.15) is 0 Å². The highest BCUT2D eigenvalue weighted by Gasteiger charge is 2.25. The average Bonchev–Trinajstić information content (AvgIpc) is 3.06. The summed E-state index contributed by atoms with van der Waals surface area (Å²) in [7, 11) is 0. The summed E-state index contributed by atoms with van der Waals surface area (Å²) >= 11 is 5.70. The highest BCUT2D eigenvalue weighted by atomic mass is 35.5. The Hall–Kier alpha value is -1.62. The Morgan fingerprint density at radius 1 is 1.47 bits per heavy atom. The fourth-order valence-electron chi connectivity index (χ4n) is 1.86. The lowest BCUT2D eigenvalue weighted by Crippen LogP contribution is -2.22. The van der Waals surface area contributed by atoms with Crippen LogP contribution in [0.5, 0.6) is 0 Å². The van der Waals surface area contributed by atoms with E-state index >= 15 is 0 Å². The van der Waals surface area contributed by atoms with Crippen LogP contribution in [0.15, 0.2) is 29.7 Å². The molecule has 5 nitrogen and oxygen atoms in total. The van der Waals surface area contributed by atoms with E-state index in [-0.39, 0.29) is 10.7 Å². The Morgan fingerprint density at radius 3 is 3.06 bits per heavy atom. The Kier molecular flexibility index (Phi) is 2.48. The first-order chi connectivity index (χ1) is 8.25. The molecular weight excluding hydrogens is 240 g/mol. The molecule has 6 heteroatoms. The van der Waals surface area contributed by atoms with Crippen LogP contribution in [0.1, 0.15) is 24.6 Å². The molecule has 1 fully saturated rings. The summed E-state index contributed by atoms with van der Waals surface area (Å²) in [5.74, 6) is 0. The molecule has 0 spiro atoms. The zero-order valence-electron chi connectivity index (χ0n) is 9.08. The minimum Gasteiger partial charge on any atom is -0.330 e. The summed E-state index contributed by atoms with van der Waals surface area (Å²) in [5, 5.41) is 0.00462. The van der Waals surface area contributed by atoms with E-state index in [2.05, 4.69) is 14.5 Å². The van der Waals surface area contributed by atoms with Crippen LogP contribution in [0.4, 0.5) is 0 Å². The van der Waals surface area contributed by atoms with Gasteiger partial charge < -0.3 is 9.13 Å². The molecule has 0 unspecified atom stereocenters. The first-order valence-corrected chi connectivity index (χ1v) is 5.85. The van der Waals surface area contributed by atoms with Gasteiger partial charge in [0.2, 0.25) is 0 Å². The Morgan fingerprint density at radius 2 is 2.29 bits per heavy atom. The second-order valence-corrected chi connectivity index (χ2v) is 4.53. The molecule has 0 radical (unpaired) electrons. The first-order valence-electron chi connectivity index (χ1n) is 5.47. The van der Waals surface area contributed by atoms with Crippen LogP contribution in [-0.2, 0) is 6.54 Å². The molecule has 1 saturated carbocycles. The van der Waals surface area contributed by atoms with Crippen LogP contribution in [0, 0.1) is 0 Å². The van der Waals surface area contributed by atoms with Crippen LogP contribution in [0.25, 0.3) is 0 Å². The number of hydrogen-bond donors (Lipinski definition) is 0. The molecule has 1 aliphatic carbocycles. The molecule has 2 heterocycles. The molecule has 17 heavy (non-hydrogen) atoms. The molecule has 88 valence electrons. The van der Waals surface area contributed by atoms with Crippen molar-refractivity contribution in [3.8, 4) is 0 Å². The average molecular weight is 251 g/mol. The van der Waals surface area contributed by atoms with Crippen molar-refractivity contribution in [2.45, 2.75) is 25.4 Å². The second-order valence-electron chi connectivity index (χ2n) is 4.17. The maximum Gasteiger partial charge on any atom is 0.288 e. The van der Waals surface area contributed by atoms with Crippen LogP contribution in [0.2, 0.25) is 5.15 Å². The number of rotatable bonds is 3. The molecule has 2 aromatic heterocycles. The first kappa shape index (κ1) is 10.5. The number of halogens is 1. The molecule has 3 rings (SSSR count). The Balaban J connectivity index is 1.93. The van der Waals surface area contributed by atoms with E-state index in [0.717, 1.165) is 5.69 Å². The van der Waals surface area contributed by atoms with Crippen molar-refractivity contribution in [1.82, 2.24) is 19.1 Å². The van der Waals surface area contributed by atoms with Crippen LogP contribution >= 0.6 is 11.6 Å². The quantitative estimate of drug-likeness (QED) is 0.829. The maximum atomic E-state index is 11.7. The zero-order valence-corrected chi connectivity index (χ0v) is 9.84. The number of aromatic nitrogens is 4. The van der Waals surface area contributed by atoms with Gasteiger partial charge in [-0.05, 0) is 12.8 Å². The van der Waals surface area contributed by atoms with Gasteiger partial charge in [0, 0.05) is 24.6 Å². The van der Waals surface area contributed by atoms with Crippen molar-refractivity contribution in [2.75, 3.05) is 0 Å². The summed E-state index contributed by atoms with van der Waals surface area (Å²) < 4.78 is 3.67. The Bertz CT molecular complexity index is 600. The third-order valence-electron chi connectivity index (χ3n) is 2.89. The largest absolute Gasteiger partial charge is 0.330 e. The van der Waals surface area contributed by atoms with Crippen LogP contribution < -0.4 is 5.56 Å². The van der Waals surface area contributed by atoms with Crippen molar-refractivity contribution in [3.05, 3.63) is 46.1 Å². The van der Waals surface area contributed by atoms with Crippen LogP contribution in [-0.4, -0.2) is 19.1 Å². The van der Waals surface area contributed by atoms with Gasteiger partial charge in [0.15, 0.2) is 5.15 Å². The maximum absolute atomic E-state index is 11.7. The monoisotopic (exact) mass is 250 g/mol. The standard InChI is InChI=1S/C11H11ClN4O/c12-10-11(17)15(4-3-14-10)6-9-5-13-7-16(9)8-1-2-8/h3-5,7-8H,1-2,6H2. The molecular formula is C11H11ClN4O. The predicted octanol–water partition coefficient (Wildman–Crippen LogP) is 1.48. The van der Waals surface area contributed by atoms with Gasteiger partial charge in [-0.1, -0.05) is 11.6 Å². The van der Waals surface area contributed by atoms with E-state index in [1.165, 1.54) is 19.0 Å². The minimum absolute atomic E-state index is 0.00462. The summed E-state index contributed by atoms with van der Waals surface area (Å²) in [4.78, 5) is 19.6. The molecule has 0 aromatic carbocycles. The van der Waals surface area contributed by atoms with Gasteiger partial charge in [0.05, 0.1) is 18.6 Å². The van der Waals surface area contributed by atoms with Gasteiger partial charge in [0.1, 0.15) is 0 Å². The molecule has 0 N–H and O–H groups in total. The van der Waals surface area contributed by atoms with E-state index in [9.17, 15) is 4.79 Å². The van der Waals surface area contributed by atoms with Gasteiger partial charge in [0.25, 0.3) is 5.56 Å². The van der Waals surface area contributed by atoms with Gasteiger partial charge >= 0.3 is 0 Å². The molecule has 1 aliphatic rings. The van der Waals surface area contributed by atoms with Crippen molar-refractivity contribution in [3.63, 3.8) is 0 Å². The number of hydrogen-bond acceptors (Lipinski definition) is 3. The van der Waals surface area contributed by atoms with Gasteiger partial charge in [-0.3, -0.25) is 4.79 Å². The van der Waals surface area contributed by atoms with Crippen molar-refractivity contribution >= 4 is 11.6 Å². The number of imidazole rings is 1. The minimum atomic E-state index is -0.266. The SMILES string of the molecule is O=c1c(Cl)nccn1Cc1cncn1C1CC1. The Labute approximate surface area is 103 Å². The van der Waals surface area contributed by atoms with E-state index in [1.807, 2.05) is 6.33 Å². The number of nitrogens with zero attached hydrogens (tertiary/aromatic N) is 4. The van der Waals surface area contributed by atoms with Crippen molar-refractivity contribution in [2.24, 2.45) is 0 Å². The van der Waals surface area contributed by atoms with Gasteiger partial charge in [-0.25, -0.2) is 9.97 Å². The van der Waals surface area contributed by atoms with Crippen molar-refractivity contribution < 1.29 is 0 Å². The lowest BCUT2D eigenvalue weighted by atomic mass is 10.4. The predicted molar refractivity (Wildman–Crippen MR) is 63.1 cm³/mol. The highest BCUT2D eigenvalue weighted by molar-refractivity contribution is 6.29. The summed E-state index contributed by atoms with van der Waals surface area (Å²) in [6.45, 7) is 0.484. The summed E-state index contributed by atoms with van der Waals surface area (Å²) in [5.41, 5.74) is 0.759. The second kappa shape index (κ2) is 4.00. The molecule has 0 saturated heterocycles. The molecule has 0 amide bonds. The normalized spacial score (nSPS) is 15.1. The third kappa shape index (κ3) is 1.98. The van der Waals surface area contributed by atoms with E-state index in [0.29, 0.717) is 12.6 Å². The zero-order chi connectivity index (χ0) is 11.8. The molecule has 0 atom stereocenters. The lowest BCUT2D eigenvalue weighted by Gasteiger charge is -2.08. The van der Waals surface area contributed by atoms with E-state index < -0.39 is 0 Å². The fraction of sp³-hybridized carbons (Fsp3) is 0.364. The highest BCUT2D eigenvalue weighted by Crippen LogP contribution is 2.35. The van der Waals surface area contributed by atoms with Crippen LogP contribution in [0.3, 0.4) is 0 Å². The summed E-state index contributed by atoms with van der Waals surface area (Å²) in [6, 6.07) is 0.556. The topological polar surface area (TPSA) is 52.7 Å².